The van der Waals surface area contributed by atoms with Crippen molar-refractivity contribution in [3.05, 3.63) is 59.1 Å². The fourth-order valence-corrected chi connectivity index (χ4v) is 3.93. The third-order valence-electron chi connectivity index (χ3n) is 4.80. The minimum Gasteiger partial charge on any atom is -0.398 e. The summed E-state index contributed by atoms with van der Waals surface area (Å²) in [6.45, 7) is 0.947. The predicted octanol–water partition coefficient (Wildman–Crippen LogP) is 4.07. The van der Waals surface area contributed by atoms with Gasteiger partial charge in [0.2, 0.25) is 11.2 Å². The van der Waals surface area contributed by atoms with Gasteiger partial charge in [0, 0.05) is 34.5 Å². The van der Waals surface area contributed by atoms with Crippen LogP contribution in [0.3, 0.4) is 0 Å². The molecule has 0 spiro atoms. The molecule has 1 aliphatic rings. The summed E-state index contributed by atoms with van der Waals surface area (Å²) in [4.78, 5) is 3.57. The van der Waals surface area contributed by atoms with Gasteiger partial charge in [-0.3, -0.25) is 0 Å². The first kappa shape index (κ1) is 13.0. The number of aromatic amines is 1. The minimum absolute atomic E-state index is 0.715. The molecule has 0 saturated carbocycles. The van der Waals surface area contributed by atoms with Gasteiger partial charge < -0.3 is 10.7 Å². The molecule has 3 heterocycles. The first-order valence-corrected chi connectivity index (χ1v) is 8.12. The SMILES string of the molecule is Nc1cc2[n+](c3ccc(Cl)cc13)CCc1c-2[nH]c2ccccc12. The number of hydrogen-bond donors (Lipinski definition) is 2. The molecule has 0 bridgehead atoms. The van der Waals surface area contributed by atoms with E-state index in [0.717, 1.165) is 35.2 Å². The van der Waals surface area contributed by atoms with E-state index in [4.69, 9.17) is 17.3 Å². The molecule has 0 unspecified atom stereocenters. The number of rotatable bonds is 0. The standard InChI is InChI=1S/C19H14ClN3/c20-11-5-6-17-14(9-11)15(21)10-18-19-13(7-8-23(17)18)12-3-1-2-4-16(12)22-19/h1-6,9-10H,7-8H2,(H2,21,22)/p+1. The molecule has 112 valence electrons. The number of hydrogen-bond acceptors (Lipinski definition) is 1. The van der Waals surface area contributed by atoms with Crippen LogP contribution in [0.4, 0.5) is 5.69 Å². The van der Waals surface area contributed by atoms with E-state index in [2.05, 4.69) is 45.9 Å². The minimum atomic E-state index is 0.715. The van der Waals surface area contributed by atoms with Crippen molar-refractivity contribution in [1.29, 1.82) is 0 Å². The van der Waals surface area contributed by atoms with E-state index < -0.39 is 0 Å². The lowest BCUT2D eigenvalue weighted by Crippen LogP contribution is -2.41. The maximum absolute atomic E-state index is 6.31. The van der Waals surface area contributed by atoms with Crippen molar-refractivity contribution >= 4 is 39.1 Å². The highest BCUT2D eigenvalue weighted by Crippen LogP contribution is 2.35. The van der Waals surface area contributed by atoms with E-state index in [1.54, 1.807) is 0 Å². The number of anilines is 1. The predicted molar refractivity (Wildman–Crippen MR) is 94.6 cm³/mol. The summed E-state index contributed by atoms with van der Waals surface area (Å²) >= 11 is 6.14. The zero-order valence-corrected chi connectivity index (χ0v) is 13.2. The number of aryl methyl sites for hydroxylation is 2. The average Bonchev–Trinajstić information content (AvgIpc) is 2.94. The van der Waals surface area contributed by atoms with Crippen LogP contribution in [0.2, 0.25) is 5.02 Å². The van der Waals surface area contributed by atoms with Crippen molar-refractivity contribution in [3.63, 3.8) is 0 Å². The number of benzene rings is 2. The largest absolute Gasteiger partial charge is 0.398 e. The maximum Gasteiger partial charge on any atom is 0.231 e. The molecule has 3 N–H and O–H groups in total. The average molecular weight is 321 g/mol. The molecule has 0 fully saturated rings. The van der Waals surface area contributed by atoms with Gasteiger partial charge in [-0.25, -0.2) is 0 Å². The van der Waals surface area contributed by atoms with E-state index in [1.807, 2.05) is 12.1 Å². The lowest BCUT2D eigenvalue weighted by Gasteiger charge is -2.14. The van der Waals surface area contributed by atoms with Crippen LogP contribution < -0.4 is 10.3 Å². The van der Waals surface area contributed by atoms with Crippen molar-refractivity contribution in [3.8, 4) is 11.4 Å². The van der Waals surface area contributed by atoms with Crippen LogP contribution in [0.5, 0.6) is 0 Å². The Labute approximate surface area is 138 Å². The number of halogens is 1. The molecule has 4 aromatic rings. The number of nitrogens with zero attached hydrogens (tertiary/aromatic N) is 1. The molecule has 2 aromatic heterocycles. The van der Waals surface area contributed by atoms with Crippen molar-refractivity contribution in [2.24, 2.45) is 0 Å². The molecular weight excluding hydrogens is 306 g/mol. The molecule has 0 aliphatic carbocycles. The van der Waals surface area contributed by atoms with Crippen LogP contribution in [-0.2, 0) is 13.0 Å². The maximum atomic E-state index is 6.31. The summed E-state index contributed by atoms with van der Waals surface area (Å²) in [7, 11) is 0. The number of aromatic nitrogens is 2. The van der Waals surface area contributed by atoms with Crippen LogP contribution in [0, 0.1) is 0 Å². The molecule has 5 rings (SSSR count). The Hall–Kier alpha value is -2.52. The monoisotopic (exact) mass is 320 g/mol. The van der Waals surface area contributed by atoms with Crippen LogP contribution in [0.1, 0.15) is 5.56 Å². The molecule has 1 aliphatic heterocycles. The van der Waals surface area contributed by atoms with Crippen molar-refractivity contribution in [2.75, 3.05) is 5.73 Å². The Kier molecular flexibility index (Phi) is 2.53. The third-order valence-corrected chi connectivity index (χ3v) is 5.03. The summed E-state index contributed by atoms with van der Waals surface area (Å²) < 4.78 is 2.33. The molecule has 0 saturated heterocycles. The Bertz CT molecular complexity index is 1090. The van der Waals surface area contributed by atoms with Gasteiger partial charge in [-0.2, -0.15) is 4.57 Å². The fourth-order valence-electron chi connectivity index (χ4n) is 3.76. The highest BCUT2D eigenvalue weighted by Gasteiger charge is 2.29. The Morgan fingerprint density at radius 2 is 1.91 bits per heavy atom. The molecule has 0 radical (unpaired) electrons. The zero-order chi connectivity index (χ0) is 15.6. The van der Waals surface area contributed by atoms with E-state index in [0.29, 0.717) is 5.02 Å². The lowest BCUT2D eigenvalue weighted by atomic mass is 10.00. The summed E-state index contributed by atoms with van der Waals surface area (Å²) in [6, 6.07) is 16.5. The first-order valence-electron chi connectivity index (χ1n) is 7.74. The summed E-state index contributed by atoms with van der Waals surface area (Å²) in [5.41, 5.74) is 13.1. The second kappa shape index (κ2) is 4.49. The number of nitrogens with two attached hydrogens (primary N) is 1. The van der Waals surface area contributed by atoms with Gasteiger partial charge in [-0.15, -0.1) is 0 Å². The normalized spacial score (nSPS) is 13.3. The first-order chi connectivity index (χ1) is 11.2. The van der Waals surface area contributed by atoms with Gasteiger partial charge in [0.1, 0.15) is 5.69 Å². The van der Waals surface area contributed by atoms with Crippen LogP contribution in [-0.4, -0.2) is 4.98 Å². The quantitative estimate of drug-likeness (QED) is 0.471. The molecule has 0 atom stereocenters. The summed E-state index contributed by atoms with van der Waals surface area (Å²) in [5.74, 6) is 0. The van der Waals surface area contributed by atoms with Crippen molar-refractivity contribution < 1.29 is 4.57 Å². The Morgan fingerprint density at radius 3 is 2.83 bits per heavy atom. The second-order valence-electron chi connectivity index (χ2n) is 6.07. The van der Waals surface area contributed by atoms with E-state index >= 15 is 0 Å². The molecule has 4 heteroatoms. The number of pyridine rings is 1. The van der Waals surface area contributed by atoms with Crippen LogP contribution in [0.25, 0.3) is 33.2 Å². The van der Waals surface area contributed by atoms with Gasteiger partial charge in [0.15, 0.2) is 6.54 Å². The van der Waals surface area contributed by atoms with Gasteiger partial charge >= 0.3 is 0 Å². The lowest BCUT2D eigenvalue weighted by molar-refractivity contribution is -0.661. The molecule has 2 aromatic carbocycles. The third kappa shape index (κ3) is 1.74. The molecule has 3 nitrogen and oxygen atoms in total. The number of nitrogen functional groups attached to an aromatic ring is 1. The highest BCUT2D eigenvalue weighted by atomic mass is 35.5. The van der Waals surface area contributed by atoms with Crippen LogP contribution in [0.15, 0.2) is 48.5 Å². The zero-order valence-electron chi connectivity index (χ0n) is 12.4. The van der Waals surface area contributed by atoms with Crippen LogP contribution >= 0.6 is 11.6 Å². The number of para-hydroxylation sites is 1. The van der Waals surface area contributed by atoms with Crippen molar-refractivity contribution in [1.82, 2.24) is 4.98 Å². The van der Waals surface area contributed by atoms with E-state index in [9.17, 15) is 0 Å². The molecule has 0 amide bonds. The molecular formula is C19H15ClN3+. The number of fused-ring (bicyclic) bond motifs is 7. The van der Waals surface area contributed by atoms with Gasteiger partial charge in [-0.1, -0.05) is 29.8 Å². The summed E-state index contributed by atoms with van der Waals surface area (Å²) in [6.07, 6.45) is 1.01. The van der Waals surface area contributed by atoms with Gasteiger partial charge in [0.05, 0.1) is 11.1 Å². The number of nitrogens with one attached hydrogen (secondary N) is 1. The topological polar surface area (TPSA) is 45.7 Å². The fraction of sp³-hybridized carbons (Fsp3) is 0.105. The Morgan fingerprint density at radius 1 is 1.04 bits per heavy atom. The second-order valence-corrected chi connectivity index (χ2v) is 6.51. The smallest absolute Gasteiger partial charge is 0.231 e. The van der Waals surface area contributed by atoms with Gasteiger partial charge in [-0.05, 0) is 23.8 Å². The highest BCUT2D eigenvalue weighted by molar-refractivity contribution is 6.31. The molecule has 23 heavy (non-hydrogen) atoms. The number of H-pyrrole nitrogens is 1. The summed E-state index contributed by atoms with van der Waals surface area (Å²) in [5, 5.41) is 3.04. The Balaban J connectivity index is 1.89. The van der Waals surface area contributed by atoms with E-state index in [1.165, 1.54) is 22.2 Å². The van der Waals surface area contributed by atoms with Gasteiger partial charge in [0.25, 0.3) is 0 Å². The van der Waals surface area contributed by atoms with Crippen molar-refractivity contribution in [2.45, 2.75) is 13.0 Å². The van der Waals surface area contributed by atoms with E-state index in [-0.39, 0.29) is 0 Å².